The number of aliphatic hydroxyl groups excluding tert-OH is 1. The second-order valence-electron chi connectivity index (χ2n) is 4.67. The van der Waals surface area contributed by atoms with Crippen LogP contribution in [-0.2, 0) is 9.09 Å². The Balaban J connectivity index is 2.91. The lowest BCUT2D eigenvalue weighted by Gasteiger charge is -2.26. The Bertz CT molecular complexity index is 392. The molecule has 19 heavy (non-hydrogen) atoms. The van der Waals surface area contributed by atoms with E-state index in [-0.39, 0.29) is 12.3 Å². The van der Waals surface area contributed by atoms with E-state index < -0.39 is 7.37 Å². The summed E-state index contributed by atoms with van der Waals surface area (Å²) < 4.78 is 18.7. The molecule has 0 saturated heterocycles. The van der Waals surface area contributed by atoms with Crippen LogP contribution in [0.2, 0.25) is 0 Å². The van der Waals surface area contributed by atoms with Crippen molar-refractivity contribution in [3.05, 3.63) is 35.9 Å². The largest absolute Gasteiger partial charge is 0.396 e. The van der Waals surface area contributed by atoms with Gasteiger partial charge in [0.25, 0.3) is 0 Å². The fourth-order valence-corrected chi connectivity index (χ4v) is 4.53. The Labute approximate surface area is 116 Å². The fourth-order valence-electron chi connectivity index (χ4n) is 2.15. The van der Waals surface area contributed by atoms with Gasteiger partial charge >= 0.3 is 0 Å². The summed E-state index contributed by atoms with van der Waals surface area (Å²) >= 11 is 0. The summed E-state index contributed by atoms with van der Waals surface area (Å²) in [6, 6.07) is 9.74. The number of benzene rings is 1. The van der Waals surface area contributed by atoms with Crippen LogP contribution in [0, 0.1) is 0 Å². The van der Waals surface area contributed by atoms with Gasteiger partial charge in [-0.1, -0.05) is 50.6 Å². The summed E-state index contributed by atoms with van der Waals surface area (Å²) in [6.07, 6.45) is 2.95. The smallest absolute Gasteiger partial charge is 0.210 e. The van der Waals surface area contributed by atoms with Crippen molar-refractivity contribution in [1.29, 1.82) is 0 Å². The molecule has 0 fully saturated rings. The van der Waals surface area contributed by atoms with E-state index in [4.69, 9.17) is 4.52 Å². The average Bonchev–Trinajstić information content (AvgIpc) is 2.45. The van der Waals surface area contributed by atoms with Gasteiger partial charge in [0.15, 0.2) is 0 Å². The minimum Gasteiger partial charge on any atom is -0.396 e. The minimum atomic E-state index is -2.74. The van der Waals surface area contributed by atoms with Crippen molar-refractivity contribution in [2.24, 2.45) is 0 Å². The highest BCUT2D eigenvalue weighted by molar-refractivity contribution is 7.59. The highest BCUT2D eigenvalue weighted by atomic mass is 31.2. The summed E-state index contributed by atoms with van der Waals surface area (Å²) in [4.78, 5) is 0. The van der Waals surface area contributed by atoms with E-state index in [9.17, 15) is 9.67 Å². The zero-order chi connectivity index (χ0) is 14.1. The number of rotatable bonds is 9. The maximum Gasteiger partial charge on any atom is 0.210 e. The molecule has 0 aliphatic carbocycles. The Morgan fingerprint density at radius 1 is 1.26 bits per heavy atom. The average molecular weight is 284 g/mol. The van der Waals surface area contributed by atoms with E-state index in [1.807, 2.05) is 37.3 Å². The Kier molecular flexibility index (Phi) is 7.37. The van der Waals surface area contributed by atoms with E-state index in [1.54, 1.807) is 0 Å². The first-order valence-electron chi connectivity index (χ1n) is 7.07. The van der Waals surface area contributed by atoms with Crippen LogP contribution in [0.25, 0.3) is 0 Å². The third kappa shape index (κ3) is 4.76. The highest BCUT2D eigenvalue weighted by Crippen LogP contribution is 2.61. The molecule has 0 bridgehead atoms. The summed E-state index contributed by atoms with van der Waals surface area (Å²) in [5.74, 6) is 0. The van der Waals surface area contributed by atoms with Gasteiger partial charge in [-0.25, -0.2) is 0 Å². The van der Waals surface area contributed by atoms with Gasteiger partial charge in [0.1, 0.15) is 0 Å². The van der Waals surface area contributed by atoms with Crippen molar-refractivity contribution in [1.82, 2.24) is 0 Å². The Morgan fingerprint density at radius 3 is 2.47 bits per heavy atom. The summed E-state index contributed by atoms with van der Waals surface area (Å²) in [6.45, 7) is 4.56. The van der Waals surface area contributed by atoms with Crippen LogP contribution in [0.5, 0.6) is 0 Å². The van der Waals surface area contributed by atoms with Crippen LogP contribution in [0.1, 0.15) is 44.3 Å². The monoisotopic (exact) mass is 284 g/mol. The number of hydrogen-bond acceptors (Lipinski definition) is 3. The standard InChI is InChI=1S/C15H25O3P/c1-3-5-13-18-19(17,4-2)15(11-12-16)14-9-7-6-8-10-14/h6-10,15-16H,3-5,11-13H2,1-2H3. The van der Waals surface area contributed by atoms with Crippen molar-refractivity contribution in [2.75, 3.05) is 19.4 Å². The molecule has 0 radical (unpaired) electrons. The quantitative estimate of drug-likeness (QED) is 0.545. The summed E-state index contributed by atoms with van der Waals surface area (Å²) in [5.41, 5.74) is 0.804. The molecule has 1 aromatic rings. The number of hydrogen-bond donors (Lipinski definition) is 1. The van der Waals surface area contributed by atoms with Crippen molar-refractivity contribution in [2.45, 2.75) is 38.8 Å². The molecular weight excluding hydrogens is 259 g/mol. The van der Waals surface area contributed by atoms with Gasteiger partial charge in [-0.3, -0.25) is 4.57 Å². The summed E-state index contributed by atoms with van der Waals surface area (Å²) in [7, 11) is -2.74. The molecule has 1 N–H and O–H groups in total. The Hall–Kier alpha value is -0.630. The molecule has 1 aromatic carbocycles. The molecule has 0 saturated carbocycles. The molecule has 4 heteroatoms. The lowest BCUT2D eigenvalue weighted by Crippen LogP contribution is -2.08. The lowest BCUT2D eigenvalue weighted by atomic mass is 10.1. The van der Waals surface area contributed by atoms with E-state index in [0.29, 0.717) is 19.2 Å². The molecular formula is C15H25O3P. The maximum absolute atomic E-state index is 13.0. The van der Waals surface area contributed by atoms with Crippen LogP contribution in [0.3, 0.4) is 0 Å². The predicted octanol–water partition coefficient (Wildman–Crippen LogP) is 4.22. The second-order valence-corrected chi connectivity index (χ2v) is 7.63. The molecule has 0 heterocycles. The van der Waals surface area contributed by atoms with Gasteiger partial charge in [0, 0.05) is 12.8 Å². The van der Waals surface area contributed by atoms with Crippen molar-refractivity contribution < 1.29 is 14.2 Å². The predicted molar refractivity (Wildman–Crippen MR) is 79.9 cm³/mol. The van der Waals surface area contributed by atoms with Gasteiger partial charge in [-0.15, -0.1) is 0 Å². The second kappa shape index (κ2) is 8.52. The van der Waals surface area contributed by atoms with Crippen molar-refractivity contribution in [3.63, 3.8) is 0 Å². The third-order valence-electron chi connectivity index (χ3n) is 3.31. The van der Waals surface area contributed by atoms with Crippen LogP contribution in [0.15, 0.2) is 30.3 Å². The fraction of sp³-hybridized carbons (Fsp3) is 0.600. The first-order valence-corrected chi connectivity index (χ1v) is 8.95. The first-order chi connectivity index (χ1) is 9.18. The van der Waals surface area contributed by atoms with Gasteiger partial charge in [0.2, 0.25) is 7.37 Å². The van der Waals surface area contributed by atoms with E-state index in [2.05, 4.69) is 6.92 Å². The van der Waals surface area contributed by atoms with Gasteiger partial charge < -0.3 is 9.63 Å². The first kappa shape index (κ1) is 16.4. The normalized spacial score (nSPS) is 15.9. The number of aliphatic hydroxyl groups is 1. The lowest BCUT2D eigenvalue weighted by molar-refractivity contribution is 0.268. The highest BCUT2D eigenvalue weighted by Gasteiger charge is 2.33. The molecule has 2 atom stereocenters. The molecule has 3 nitrogen and oxygen atoms in total. The molecule has 0 spiro atoms. The maximum atomic E-state index is 13.0. The topological polar surface area (TPSA) is 46.5 Å². The Morgan fingerprint density at radius 2 is 1.95 bits per heavy atom. The molecule has 0 aliphatic heterocycles. The number of unbranched alkanes of at least 4 members (excludes halogenated alkanes) is 1. The van der Waals surface area contributed by atoms with Gasteiger partial charge in [-0.2, -0.15) is 0 Å². The van der Waals surface area contributed by atoms with Crippen molar-refractivity contribution >= 4 is 7.37 Å². The zero-order valence-corrected chi connectivity index (χ0v) is 12.8. The van der Waals surface area contributed by atoms with E-state index in [0.717, 1.165) is 18.4 Å². The molecule has 2 unspecified atom stereocenters. The van der Waals surface area contributed by atoms with Crippen LogP contribution in [-0.4, -0.2) is 24.5 Å². The SMILES string of the molecule is CCCCOP(=O)(CC)C(CCO)c1ccccc1. The van der Waals surface area contributed by atoms with E-state index in [1.165, 1.54) is 0 Å². The molecule has 108 valence electrons. The van der Waals surface area contributed by atoms with Crippen LogP contribution >= 0.6 is 7.37 Å². The van der Waals surface area contributed by atoms with Crippen LogP contribution in [0.4, 0.5) is 0 Å². The summed E-state index contributed by atoms with van der Waals surface area (Å²) in [5, 5.41) is 9.25. The molecule has 0 aromatic heterocycles. The van der Waals surface area contributed by atoms with Crippen LogP contribution < -0.4 is 0 Å². The third-order valence-corrected chi connectivity index (χ3v) is 6.32. The van der Waals surface area contributed by atoms with E-state index >= 15 is 0 Å². The van der Waals surface area contributed by atoms with Gasteiger partial charge in [0.05, 0.1) is 12.3 Å². The van der Waals surface area contributed by atoms with Gasteiger partial charge in [-0.05, 0) is 18.4 Å². The molecule has 1 rings (SSSR count). The zero-order valence-electron chi connectivity index (χ0n) is 11.9. The molecule has 0 amide bonds. The van der Waals surface area contributed by atoms with Crippen molar-refractivity contribution in [3.8, 4) is 0 Å². The minimum absolute atomic E-state index is 0.0285. The molecule has 0 aliphatic rings.